The molecule has 1 heterocycles. The molecule has 1 N–H and O–H groups in total. The molecule has 14 heavy (non-hydrogen) atoms. The summed E-state index contributed by atoms with van der Waals surface area (Å²) in [7, 11) is 3.70. The topological polar surface area (TPSA) is 46.9 Å². The summed E-state index contributed by atoms with van der Waals surface area (Å²) in [4.78, 5) is 11.7. The molecule has 0 amide bonds. The van der Waals surface area contributed by atoms with Crippen LogP contribution in [-0.2, 0) is 19.9 Å². The van der Waals surface area contributed by atoms with Crippen molar-refractivity contribution in [2.45, 2.75) is 19.3 Å². The van der Waals surface area contributed by atoms with Gasteiger partial charge in [-0.25, -0.2) is 0 Å². The maximum absolute atomic E-state index is 11.7. The van der Waals surface area contributed by atoms with Crippen LogP contribution >= 0.6 is 0 Å². The number of likely N-dealkylation sites (N-methyl/N-ethyl adjacent to an activating group) is 1. The molecule has 0 aromatic carbocycles. The van der Waals surface area contributed by atoms with Gasteiger partial charge in [0.2, 0.25) is 0 Å². The second-order valence-corrected chi connectivity index (χ2v) is 3.70. The van der Waals surface area contributed by atoms with E-state index >= 15 is 0 Å². The Labute approximate surface area is 83.3 Å². The molecular weight excluding hydrogens is 178 g/mol. The van der Waals surface area contributed by atoms with Crippen molar-refractivity contribution in [2.24, 2.45) is 7.05 Å². The summed E-state index contributed by atoms with van der Waals surface area (Å²) in [5.41, 5.74) is 3.09. The fourth-order valence-corrected chi connectivity index (χ4v) is 2.08. The van der Waals surface area contributed by atoms with E-state index in [2.05, 4.69) is 10.4 Å². The van der Waals surface area contributed by atoms with Gasteiger partial charge in [0, 0.05) is 18.3 Å². The molecule has 4 heteroatoms. The third kappa shape index (κ3) is 1.35. The number of carbonyl (C=O) groups excluding carboxylic acids is 1. The standard InChI is InChI=1S/C10H15N3O/c1-11-6-9(14)10-7-4-3-5-8(7)13(2)12-10/h11H,3-6H2,1-2H3. The Hall–Kier alpha value is -1.16. The van der Waals surface area contributed by atoms with Crippen molar-refractivity contribution in [1.29, 1.82) is 0 Å². The normalized spacial score (nSPS) is 14.4. The van der Waals surface area contributed by atoms with Crippen molar-refractivity contribution in [1.82, 2.24) is 15.1 Å². The zero-order valence-corrected chi connectivity index (χ0v) is 8.63. The van der Waals surface area contributed by atoms with Gasteiger partial charge in [-0.15, -0.1) is 0 Å². The van der Waals surface area contributed by atoms with E-state index in [0.717, 1.165) is 19.3 Å². The van der Waals surface area contributed by atoms with E-state index in [1.54, 1.807) is 7.05 Å². The van der Waals surface area contributed by atoms with Gasteiger partial charge in [0.25, 0.3) is 0 Å². The van der Waals surface area contributed by atoms with Crippen molar-refractivity contribution in [2.75, 3.05) is 13.6 Å². The molecule has 0 spiro atoms. The lowest BCUT2D eigenvalue weighted by atomic mass is 10.1. The third-order valence-electron chi connectivity index (χ3n) is 2.72. The number of ketones is 1. The molecule has 1 aliphatic carbocycles. The lowest BCUT2D eigenvalue weighted by molar-refractivity contribution is 0.0987. The third-order valence-corrected chi connectivity index (χ3v) is 2.72. The number of hydrogen-bond donors (Lipinski definition) is 1. The minimum atomic E-state index is 0.103. The highest BCUT2D eigenvalue weighted by Crippen LogP contribution is 2.24. The Morgan fingerprint density at radius 3 is 3.07 bits per heavy atom. The van der Waals surface area contributed by atoms with E-state index in [1.807, 2.05) is 11.7 Å². The first-order valence-electron chi connectivity index (χ1n) is 4.96. The molecule has 1 aromatic rings. The number of rotatable bonds is 3. The quantitative estimate of drug-likeness (QED) is 0.703. The minimum Gasteiger partial charge on any atom is -0.313 e. The predicted octanol–water partition coefficient (Wildman–Crippen LogP) is 0.311. The van der Waals surface area contributed by atoms with E-state index in [9.17, 15) is 4.79 Å². The molecule has 0 unspecified atom stereocenters. The highest BCUT2D eigenvalue weighted by Gasteiger charge is 2.24. The number of nitrogens with one attached hydrogen (secondary N) is 1. The first-order chi connectivity index (χ1) is 6.74. The van der Waals surface area contributed by atoms with Crippen molar-refractivity contribution < 1.29 is 4.79 Å². The van der Waals surface area contributed by atoms with Crippen LogP contribution in [0.5, 0.6) is 0 Å². The van der Waals surface area contributed by atoms with Crippen molar-refractivity contribution >= 4 is 5.78 Å². The minimum absolute atomic E-state index is 0.103. The van der Waals surface area contributed by atoms with Crippen LogP contribution in [0.2, 0.25) is 0 Å². The second kappa shape index (κ2) is 3.53. The lowest BCUT2D eigenvalue weighted by Gasteiger charge is -1.97. The molecular formula is C10H15N3O. The van der Waals surface area contributed by atoms with Crippen molar-refractivity contribution in [3.05, 3.63) is 17.0 Å². The van der Waals surface area contributed by atoms with E-state index < -0.39 is 0 Å². The maximum atomic E-state index is 11.7. The van der Waals surface area contributed by atoms with Crippen molar-refractivity contribution in [3.8, 4) is 0 Å². The molecule has 2 rings (SSSR count). The summed E-state index contributed by atoms with van der Waals surface area (Å²) in [6.07, 6.45) is 3.22. The number of nitrogens with zero attached hydrogens (tertiary/aromatic N) is 2. The summed E-state index contributed by atoms with van der Waals surface area (Å²) < 4.78 is 1.85. The summed E-state index contributed by atoms with van der Waals surface area (Å²) in [6, 6.07) is 0. The van der Waals surface area contributed by atoms with Crippen LogP contribution in [0.25, 0.3) is 0 Å². The summed E-state index contributed by atoms with van der Waals surface area (Å²) in [5, 5.41) is 7.15. The number of hydrogen-bond acceptors (Lipinski definition) is 3. The van der Waals surface area contributed by atoms with Crippen LogP contribution in [0, 0.1) is 0 Å². The average molecular weight is 193 g/mol. The maximum Gasteiger partial charge on any atom is 0.197 e. The van der Waals surface area contributed by atoms with E-state index in [-0.39, 0.29) is 5.78 Å². The number of aromatic nitrogens is 2. The van der Waals surface area contributed by atoms with E-state index in [1.165, 1.54) is 11.3 Å². The molecule has 0 bridgehead atoms. The fraction of sp³-hybridized carbons (Fsp3) is 0.600. The van der Waals surface area contributed by atoms with Crippen LogP contribution in [0.1, 0.15) is 28.2 Å². The molecule has 1 aliphatic rings. The molecule has 0 radical (unpaired) electrons. The molecule has 4 nitrogen and oxygen atoms in total. The van der Waals surface area contributed by atoms with E-state index in [0.29, 0.717) is 12.2 Å². The van der Waals surface area contributed by atoms with Crippen LogP contribution in [0.15, 0.2) is 0 Å². The van der Waals surface area contributed by atoms with Crippen LogP contribution < -0.4 is 5.32 Å². The highest BCUT2D eigenvalue weighted by molar-refractivity contribution is 5.97. The first-order valence-corrected chi connectivity index (χ1v) is 4.96. The van der Waals surface area contributed by atoms with Gasteiger partial charge < -0.3 is 5.32 Å². The molecule has 0 saturated heterocycles. The van der Waals surface area contributed by atoms with Gasteiger partial charge >= 0.3 is 0 Å². The number of carbonyl (C=O) groups is 1. The highest BCUT2D eigenvalue weighted by atomic mass is 16.1. The SMILES string of the molecule is CNCC(=O)c1nn(C)c2c1CCC2. The van der Waals surface area contributed by atoms with E-state index in [4.69, 9.17) is 0 Å². The van der Waals surface area contributed by atoms with Crippen LogP contribution in [0.3, 0.4) is 0 Å². The monoisotopic (exact) mass is 193 g/mol. The molecule has 0 atom stereocenters. The van der Waals surface area contributed by atoms with Gasteiger partial charge in [0.1, 0.15) is 5.69 Å². The van der Waals surface area contributed by atoms with Crippen LogP contribution in [0.4, 0.5) is 0 Å². The summed E-state index contributed by atoms with van der Waals surface area (Å²) in [5.74, 6) is 0.103. The Morgan fingerprint density at radius 2 is 2.36 bits per heavy atom. The van der Waals surface area contributed by atoms with Gasteiger partial charge in [-0.05, 0) is 26.3 Å². The molecule has 0 fully saturated rings. The van der Waals surface area contributed by atoms with Gasteiger partial charge in [-0.3, -0.25) is 9.48 Å². The Bertz CT molecular complexity index is 368. The Morgan fingerprint density at radius 1 is 1.57 bits per heavy atom. The number of Topliss-reactive ketones (excluding diaryl/α,β-unsaturated/α-hetero) is 1. The molecule has 76 valence electrons. The van der Waals surface area contributed by atoms with Gasteiger partial charge in [-0.1, -0.05) is 0 Å². The Kier molecular flexibility index (Phi) is 2.37. The Balaban J connectivity index is 2.35. The van der Waals surface area contributed by atoms with Crippen molar-refractivity contribution in [3.63, 3.8) is 0 Å². The molecule has 0 saturated carbocycles. The lowest BCUT2D eigenvalue weighted by Crippen LogP contribution is -2.20. The molecule has 1 aromatic heterocycles. The summed E-state index contributed by atoms with van der Waals surface area (Å²) in [6.45, 7) is 0.378. The van der Waals surface area contributed by atoms with Gasteiger partial charge in [-0.2, -0.15) is 5.10 Å². The average Bonchev–Trinajstić information content (AvgIpc) is 2.70. The fourth-order valence-electron chi connectivity index (χ4n) is 2.08. The van der Waals surface area contributed by atoms with Gasteiger partial charge in [0.05, 0.1) is 6.54 Å². The summed E-state index contributed by atoms with van der Waals surface area (Å²) >= 11 is 0. The smallest absolute Gasteiger partial charge is 0.197 e. The number of aryl methyl sites for hydroxylation is 1. The van der Waals surface area contributed by atoms with Crippen LogP contribution in [-0.4, -0.2) is 29.2 Å². The zero-order chi connectivity index (χ0) is 10.1. The second-order valence-electron chi connectivity index (χ2n) is 3.70. The predicted molar refractivity (Wildman–Crippen MR) is 53.5 cm³/mol. The largest absolute Gasteiger partial charge is 0.313 e. The number of fused-ring (bicyclic) bond motifs is 1. The zero-order valence-electron chi connectivity index (χ0n) is 8.63. The van der Waals surface area contributed by atoms with Gasteiger partial charge in [0.15, 0.2) is 5.78 Å². The molecule has 0 aliphatic heterocycles. The first kappa shape index (κ1) is 9.40.